The number of ether oxygens (including phenoxy) is 1. The first-order chi connectivity index (χ1) is 13.8. The summed E-state index contributed by atoms with van der Waals surface area (Å²) in [6.45, 7) is 1.41. The van der Waals surface area contributed by atoms with Gasteiger partial charge in [-0.3, -0.25) is 4.79 Å². The molecule has 1 aliphatic rings. The molecule has 0 aliphatic carbocycles. The summed E-state index contributed by atoms with van der Waals surface area (Å²) >= 11 is 0. The van der Waals surface area contributed by atoms with E-state index in [1.807, 2.05) is 4.90 Å². The summed E-state index contributed by atoms with van der Waals surface area (Å²) in [6.07, 6.45) is 2.02. The zero-order valence-electron chi connectivity index (χ0n) is 15.5. The first-order valence-corrected chi connectivity index (χ1v) is 10.3. The van der Waals surface area contributed by atoms with E-state index in [1.54, 1.807) is 0 Å². The molecule has 0 unspecified atom stereocenters. The molecule has 29 heavy (non-hydrogen) atoms. The van der Waals surface area contributed by atoms with Crippen LogP contribution in [0.4, 0.5) is 14.7 Å². The highest BCUT2D eigenvalue weighted by molar-refractivity contribution is 7.91. The highest BCUT2D eigenvalue weighted by Gasteiger charge is 2.30. The largest absolute Gasteiger partial charge is 0.467 e. The van der Waals surface area contributed by atoms with Gasteiger partial charge in [0.25, 0.3) is 5.91 Å². The Bertz CT molecular complexity index is 997. The van der Waals surface area contributed by atoms with Crippen LogP contribution in [0.15, 0.2) is 29.2 Å². The molecule has 0 radical (unpaired) electrons. The molecule has 1 aromatic heterocycles. The van der Waals surface area contributed by atoms with Crippen LogP contribution >= 0.6 is 0 Å². The number of hydrogen-bond acceptors (Lipinski definition) is 8. The lowest BCUT2D eigenvalue weighted by Gasteiger charge is -2.16. The third-order valence-electron chi connectivity index (χ3n) is 4.30. The van der Waals surface area contributed by atoms with Gasteiger partial charge in [0.2, 0.25) is 15.8 Å². The van der Waals surface area contributed by atoms with E-state index in [-0.39, 0.29) is 23.9 Å². The predicted molar refractivity (Wildman–Crippen MR) is 98.6 cm³/mol. The number of sulfone groups is 1. The molecular formula is C17H19F2N5O4S. The summed E-state index contributed by atoms with van der Waals surface area (Å²) in [5.41, 5.74) is -0.381. The Labute approximate surface area is 166 Å². The molecule has 9 nitrogen and oxygen atoms in total. The number of aromatic nitrogens is 3. The summed E-state index contributed by atoms with van der Waals surface area (Å²) in [4.78, 5) is 26.2. The van der Waals surface area contributed by atoms with E-state index in [4.69, 9.17) is 4.74 Å². The van der Waals surface area contributed by atoms with Crippen LogP contribution in [0.5, 0.6) is 6.01 Å². The van der Waals surface area contributed by atoms with Crippen LogP contribution in [0.25, 0.3) is 0 Å². The van der Waals surface area contributed by atoms with Gasteiger partial charge in [-0.2, -0.15) is 23.7 Å². The van der Waals surface area contributed by atoms with Crippen LogP contribution in [0.1, 0.15) is 29.0 Å². The zero-order valence-corrected chi connectivity index (χ0v) is 16.3. The van der Waals surface area contributed by atoms with Crippen molar-refractivity contribution in [2.24, 2.45) is 0 Å². The van der Waals surface area contributed by atoms with Crippen molar-refractivity contribution in [3.05, 3.63) is 35.7 Å². The molecule has 1 N–H and O–H groups in total. The number of anilines is 1. The van der Waals surface area contributed by atoms with Crippen LogP contribution in [0.2, 0.25) is 0 Å². The molecule has 0 bridgehead atoms. The van der Waals surface area contributed by atoms with E-state index in [0.717, 1.165) is 38.1 Å². The number of benzene rings is 1. The van der Waals surface area contributed by atoms with Crippen LogP contribution in [0.3, 0.4) is 0 Å². The van der Waals surface area contributed by atoms with Crippen molar-refractivity contribution in [2.45, 2.75) is 30.0 Å². The Balaban J connectivity index is 1.81. The predicted octanol–water partition coefficient (Wildman–Crippen LogP) is 1.41. The topological polar surface area (TPSA) is 114 Å². The molecule has 1 aromatic carbocycles. The minimum Gasteiger partial charge on any atom is -0.467 e. The van der Waals surface area contributed by atoms with Gasteiger partial charge >= 0.3 is 11.8 Å². The number of methoxy groups -OCH3 is 1. The van der Waals surface area contributed by atoms with Crippen LogP contribution in [-0.4, -0.2) is 55.2 Å². The minimum atomic E-state index is -4.93. The molecule has 1 saturated heterocycles. The van der Waals surface area contributed by atoms with Crippen molar-refractivity contribution in [1.82, 2.24) is 20.3 Å². The Morgan fingerprint density at radius 3 is 2.55 bits per heavy atom. The lowest BCUT2D eigenvalue weighted by atomic mass is 10.2. The normalized spacial score (nSPS) is 14.3. The smallest absolute Gasteiger partial charge is 0.341 e. The van der Waals surface area contributed by atoms with Gasteiger partial charge in [0.15, 0.2) is 5.82 Å². The molecule has 0 saturated carbocycles. The van der Waals surface area contributed by atoms with Gasteiger partial charge in [0, 0.05) is 13.1 Å². The summed E-state index contributed by atoms with van der Waals surface area (Å²) in [5.74, 6) is -3.86. The summed E-state index contributed by atoms with van der Waals surface area (Å²) in [7, 11) is -3.53. The highest BCUT2D eigenvalue weighted by Crippen LogP contribution is 2.22. The molecule has 1 aliphatic heterocycles. The lowest BCUT2D eigenvalue weighted by Crippen LogP contribution is -2.28. The number of rotatable bonds is 7. The molecule has 1 fully saturated rings. The van der Waals surface area contributed by atoms with Gasteiger partial charge in [0.05, 0.1) is 24.1 Å². The van der Waals surface area contributed by atoms with E-state index in [9.17, 15) is 22.0 Å². The number of amides is 1. The van der Waals surface area contributed by atoms with E-state index >= 15 is 0 Å². The zero-order chi connectivity index (χ0) is 21.0. The van der Waals surface area contributed by atoms with Crippen molar-refractivity contribution in [1.29, 1.82) is 0 Å². The average molecular weight is 427 g/mol. The van der Waals surface area contributed by atoms with E-state index < -0.39 is 26.4 Å². The number of alkyl halides is 2. The van der Waals surface area contributed by atoms with Crippen LogP contribution in [0, 0.1) is 0 Å². The third-order valence-corrected chi connectivity index (χ3v) is 5.74. The van der Waals surface area contributed by atoms with Gasteiger partial charge in [0.1, 0.15) is 0 Å². The second kappa shape index (κ2) is 8.64. The Hall–Kier alpha value is -2.89. The second-order valence-electron chi connectivity index (χ2n) is 6.22. The summed E-state index contributed by atoms with van der Waals surface area (Å²) < 4.78 is 54.5. The van der Waals surface area contributed by atoms with Crippen molar-refractivity contribution in [3.63, 3.8) is 0 Å². The van der Waals surface area contributed by atoms with Crippen molar-refractivity contribution < 1.29 is 26.7 Å². The van der Waals surface area contributed by atoms with E-state index in [1.165, 1.54) is 19.2 Å². The number of hydrogen-bond donors (Lipinski definition) is 1. The molecule has 0 spiro atoms. The number of carbonyl (C=O) groups excluding carboxylic acids is 1. The van der Waals surface area contributed by atoms with Crippen molar-refractivity contribution >= 4 is 21.7 Å². The molecule has 156 valence electrons. The summed E-state index contributed by atoms with van der Waals surface area (Å²) in [6, 6.07) is 4.86. The maximum absolute atomic E-state index is 12.9. The quantitative estimate of drug-likeness (QED) is 0.705. The fourth-order valence-electron chi connectivity index (χ4n) is 2.87. The van der Waals surface area contributed by atoms with Crippen molar-refractivity contribution in [2.75, 3.05) is 25.1 Å². The summed E-state index contributed by atoms with van der Waals surface area (Å²) in [5, 5.41) is 2.46. The molecule has 2 heterocycles. The van der Waals surface area contributed by atoms with E-state index in [2.05, 4.69) is 20.3 Å². The first kappa shape index (κ1) is 20.8. The maximum atomic E-state index is 12.9. The highest BCUT2D eigenvalue weighted by atomic mass is 32.2. The average Bonchev–Trinajstić information content (AvgIpc) is 3.26. The fraction of sp³-hybridized carbons (Fsp3) is 0.412. The number of halogens is 2. The molecule has 1 amide bonds. The van der Waals surface area contributed by atoms with Crippen LogP contribution < -0.4 is 15.0 Å². The number of nitrogens with zero attached hydrogens (tertiary/aromatic N) is 4. The Morgan fingerprint density at radius 1 is 1.21 bits per heavy atom. The van der Waals surface area contributed by atoms with Gasteiger partial charge in [-0.15, -0.1) is 0 Å². The first-order valence-electron chi connectivity index (χ1n) is 8.76. The van der Waals surface area contributed by atoms with Gasteiger partial charge < -0.3 is 15.0 Å². The number of carbonyl (C=O) groups is 1. The monoisotopic (exact) mass is 427 g/mol. The Kier molecular flexibility index (Phi) is 6.20. The third kappa shape index (κ3) is 4.58. The number of nitrogens with one attached hydrogen (secondary N) is 1. The van der Waals surface area contributed by atoms with Crippen molar-refractivity contribution in [3.8, 4) is 6.01 Å². The second-order valence-corrected chi connectivity index (χ2v) is 8.10. The van der Waals surface area contributed by atoms with Gasteiger partial charge in [-0.05, 0) is 25.0 Å². The Morgan fingerprint density at radius 2 is 1.90 bits per heavy atom. The van der Waals surface area contributed by atoms with E-state index in [0.29, 0.717) is 5.95 Å². The SMILES string of the molecule is COc1nc(CNC(=O)c2ccccc2S(=O)(=O)C(F)F)nc(N2CCCC2)n1. The van der Waals surface area contributed by atoms with Gasteiger partial charge in [-0.1, -0.05) is 12.1 Å². The van der Waals surface area contributed by atoms with Gasteiger partial charge in [-0.25, -0.2) is 8.42 Å². The molecular weight excluding hydrogens is 408 g/mol. The minimum absolute atomic E-state index is 0.0758. The molecule has 0 atom stereocenters. The lowest BCUT2D eigenvalue weighted by molar-refractivity contribution is 0.0946. The molecule has 2 aromatic rings. The fourth-order valence-corrected chi connectivity index (χ4v) is 3.80. The van der Waals surface area contributed by atoms with Crippen LogP contribution in [-0.2, 0) is 16.4 Å². The maximum Gasteiger partial charge on any atom is 0.341 e. The molecule has 3 rings (SSSR count). The standard InChI is InChI=1S/C17H19F2N5O4S/c1-28-17-22-13(21-16(23-17)24-8-4-5-9-24)10-20-14(25)11-6-2-3-7-12(11)29(26,27)15(18)19/h2-3,6-7,15H,4-5,8-10H2,1H3,(H,20,25). The molecule has 12 heteroatoms.